The van der Waals surface area contributed by atoms with Gasteiger partial charge in [-0.15, -0.1) is 11.3 Å². The van der Waals surface area contributed by atoms with Crippen molar-refractivity contribution < 1.29 is 13.9 Å². The minimum atomic E-state index is -0.405. The van der Waals surface area contributed by atoms with E-state index in [4.69, 9.17) is 4.74 Å². The minimum absolute atomic E-state index is 0.0801. The third-order valence-electron chi connectivity index (χ3n) is 4.42. The highest BCUT2D eigenvalue weighted by atomic mass is 32.1. The molecule has 2 heterocycles. The van der Waals surface area contributed by atoms with Crippen molar-refractivity contribution >= 4 is 17.4 Å². The van der Waals surface area contributed by atoms with Gasteiger partial charge in [0.15, 0.2) is 11.6 Å². The maximum Gasteiger partial charge on any atom is 0.317 e. The lowest BCUT2D eigenvalue weighted by molar-refractivity contribution is 0.135. The molecule has 2 amide bonds. The first-order valence-corrected chi connectivity index (χ1v) is 10.1. The molecule has 1 aromatic heterocycles. The number of carbonyl (C=O) groups is 1. The summed E-state index contributed by atoms with van der Waals surface area (Å²) < 4.78 is 19.4. The molecule has 146 valence electrons. The zero-order chi connectivity index (χ0) is 19.2. The fraction of sp³-hybridized carbons (Fsp3) is 0.450. The summed E-state index contributed by atoms with van der Waals surface area (Å²) in [7, 11) is 0. The summed E-state index contributed by atoms with van der Waals surface area (Å²) in [6.45, 7) is 8.08. The highest BCUT2D eigenvalue weighted by Gasteiger charge is 2.21. The second-order valence-electron chi connectivity index (χ2n) is 6.93. The number of hydrogen-bond donors (Lipinski definition) is 1. The molecule has 2 aromatic rings. The lowest BCUT2D eigenvalue weighted by Gasteiger charge is -2.34. The first-order chi connectivity index (χ1) is 13.0. The van der Waals surface area contributed by atoms with Crippen molar-refractivity contribution in [3.63, 3.8) is 0 Å². The summed E-state index contributed by atoms with van der Waals surface area (Å²) in [6, 6.07) is 8.90. The fourth-order valence-corrected chi connectivity index (χ4v) is 3.77. The zero-order valence-corrected chi connectivity index (χ0v) is 16.6. The molecule has 0 unspecified atom stereocenters. The van der Waals surface area contributed by atoms with Gasteiger partial charge in [0.2, 0.25) is 0 Å². The van der Waals surface area contributed by atoms with E-state index in [1.807, 2.05) is 18.7 Å². The van der Waals surface area contributed by atoms with Gasteiger partial charge in [-0.3, -0.25) is 4.90 Å². The van der Waals surface area contributed by atoms with Crippen LogP contribution in [0.25, 0.3) is 0 Å². The van der Waals surface area contributed by atoms with Gasteiger partial charge < -0.3 is 15.0 Å². The number of benzene rings is 1. The molecular formula is C20H26FN3O2S. The van der Waals surface area contributed by atoms with Crippen LogP contribution in [0.4, 0.5) is 9.18 Å². The van der Waals surface area contributed by atoms with Crippen molar-refractivity contribution in [1.82, 2.24) is 15.1 Å². The van der Waals surface area contributed by atoms with Crippen molar-refractivity contribution in [3.8, 4) is 5.75 Å². The Morgan fingerprint density at radius 3 is 2.67 bits per heavy atom. The summed E-state index contributed by atoms with van der Waals surface area (Å²) in [5, 5.41) is 4.97. The Labute approximate surface area is 163 Å². The van der Waals surface area contributed by atoms with Crippen LogP contribution in [0.1, 0.15) is 24.3 Å². The molecule has 0 radical (unpaired) electrons. The number of urea groups is 1. The molecular weight excluding hydrogens is 365 g/mol. The van der Waals surface area contributed by atoms with Crippen LogP contribution in [0, 0.1) is 5.82 Å². The molecule has 0 spiro atoms. The Bertz CT molecular complexity index is 744. The van der Waals surface area contributed by atoms with Gasteiger partial charge in [-0.05, 0) is 43.0 Å². The second kappa shape index (κ2) is 9.19. The minimum Gasteiger partial charge on any atom is -0.488 e. The van der Waals surface area contributed by atoms with Crippen LogP contribution >= 0.6 is 11.3 Å². The molecule has 27 heavy (non-hydrogen) atoms. The summed E-state index contributed by atoms with van der Waals surface area (Å²) in [5.74, 6) is -0.167. The molecule has 0 aliphatic carbocycles. The van der Waals surface area contributed by atoms with E-state index < -0.39 is 5.82 Å². The third-order valence-corrected chi connectivity index (χ3v) is 5.28. The van der Waals surface area contributed by atoms with E-state index in [0.717, 1.165) is 19.6 Å². The first kappa shape index (κ1) is 19.6. The number of piperazine rings is 1. The summed E-state index contributed by atoms with van der Waals surface area (Å²) in [6.07, 6.45) is -0.0801. The fourth-order valence-electron chi connectivity index (χ4n) is 3.03. The maximum absolute atomic E-state index is 14.0. The molecule has 0 bridgehead atoms. The van der Waals surface area contributed by atoms with E-state index in [1.165, 1.54) is 10.9 Å². The number of thiophene rings is 1. The van der Waals surface area contributed by atoms with E-state index in [2.05, 4.69) is 27.7 Å². The molecule has 1 N–H and O–H groups in total. The predicted molar refractivity (Wildman–Crippen MR) is 106 cm³/mol. The number of hydrogen-bond acceptors (Lipinski definition) is 4. The third kappa shape index (κ3) is 5.68. The van der Waals surface area contributed by atoms with Crippen molar-refractivity contribution in [1.29, 1.82) is 0 Å². The van der Waals surface area contributed by atoms with Crippen LogP contribution < -0.4 is 10.1 Å². The molecule has 1 aliphatic heterocycles. The molecule has 1 saturated heterocycles. The molecule has 1 fully saturated rings. The van der Waals surface area contributed by atoms with Crippen molar-refractivity contribution in [3.05, 3.63) is 52.0 Å². The topological polar surface area (TPSA) is 44.8 Å². The van der Waals surface area contributed by atoms with Gasteiger partial charge in [-0.2, -0.15) is 0 Å². The van der Waals surface area contributed by atoms with Crippen LogP contribution in [0.3, 0.4) is 0 Å². The predicted octanol–water partition coefficient (Wildman–Crippen LogP) is 3.70. The Hall–Kier alpha value is -2.12. The molecule has 0 atom stereocenters. The van der Waals surface area contributed by atoms with Gasteiger partial charge in [0, 0.05) is 44.1 Å². The summed E-state index contributed by atoms with van der Waals surface area (Å²) in [4.78, 5) is 17.9. The molecule has 0 saturated carbocycles. The van der Waals surface area contributed by atoms with Gasteiger partial charge in [0.25, 0.3) is 0 Å². The standard InChI is InChI=1S/C20H26FN3O2S/c1-15(2)26-19-6-5-16(12-18(19)21)13-22-20(25)24-9-7-23(8-10-24)14-17-4-3-11-27-17/h3-6,11-12,15H,7-10,13-14H2,1-2H3,(H,22,25). The van der Waals surface area contributed by atoms with Crippen molar-refractivity contribution in [2.45, 2.75) is 33.0 Å². The zero-order valence-electron chi connectivity index (χ0n) is 15.8. The quantitative estimate of drug-likeness (QED) is 0.817. The average molecular weight is 392 g/mol. The number of nitrogens with zero attached hydrogens (tertiary/aromatic N) is 2. The van der Waals surface area contributed by atoms with Gasteiger partial charge >= 0.3 is 6.03 Å². The van der Waals surface area contributed by atoms with Crippen LogP contribution in [0.5, 0.6) is 5.75 Å². The van der Waals surface area contributed by atoms with Gasteiger partial charge in [-0.25, -0.2) is 9.18 Å². The maximum atomic E-state index is 14.0. The molecule has 1 aliphatic rings. The Kier molecular flexibility index (Phi) is 6.68. The first-order valence-electron chi connectivity index (χ1n) is 9.24. The van der Waals surface area contributed by atoms with Crippen LogP contribution in [-0.2, 0) is 13.1 Å². The number of amides is 2. The van der Waals surface area contributed by atoms with Gasteiger partial charge in [0.1, 0.15) is 0 Å². The highest BCUT2D eigenvalue weighted by Crippen LogP contribution is 2.19. The largest absolute Gasteiger partial charge is 0.488 e. The number of ether oxygens (including phenoxy) is 1. The molecule has 7 heteroatoms. The monoisotopic (exact) mass is 391 g/mol. The van der Waals surface area contributed by atoms with Crippen LogP contribution in [-0.4, -0.2) is 48.1 Å². The van der Waals surface area contributed by atoms with Gasteiger partial charge in [0.05, 0.1) is 6.10 Å². The molecule has 3 rings (SSSR count). The van der Waals surface area contributed by atoms with Crippen molar-refractivity contribution in [2.75, 3.05) is 26.2 Å². The summed E-state index contributed by atoms with van der Waals surface area (Å²) in [5.41, 5.74) is 0.716. The van der Waals surface area contributed by atoms with E-state index in [9.17, 15) is 9.18 Å². The summed E-state index contributed by atoms with van der Waals surface area (Å²) >= 11 is 1.76. The smallest absolute Gasteiger partial charge is 0.317 e. The highest BCUT2D eigenvalue weighted by molar-refractivity contribution is 7.09. The molecule has 5 nitrogen and oxygen atoms in total. The lowest BCUT2D eigenvalue weighted by atomic mass is 10.2. The van der Waals surface area contributed by atoms with E-state index in [1.54, 1.807) is 23.5 Å². The Morgan fingerprint density at radius 1 is 1.26 bits per heavy atom. The Balaban J connectivity index is 1.44. The number of nitrogens with one attached hydrogen (secondary N) is 1. The second-order valence-corrected chi connectivity index (χ2v) is 7.96. The van der Waals surface area contributed by atoms with Crippen molar-refractivity contribution in [2.24, 2.45) is 0 Å². The number of halogens is 1. The van der Waals surface area contributed by atoms with E-state index in [-0.39, 0.29) is 17.9 Å². The average Bonchev–Trinajstić information content (AvgIpc) is 3.15. The number of carbonyl (C=O) groups excluding carboxylic acids is 1. The van der Waals surface area contributed by atoms with Crippen LogP contribution in [0.2, 0.25) is 0 Å². The van der Waals surface area contributed by atoms with E-state index >= 15 is 0 Å². The Morgan fingerprint density at radius 2 is 2.04 bits per heavy atom. The van der Waals surface area contributed by atoms with Crippen LogP contribution in [0.15, 0.2) is 35.7 Å². The van der Waals surface area contributed by atoms with Gasteiger partial charge in [-0.1, -0.05) is 12.1 Å². The SMILES string of the molecule is CC(C)Oc1ccc(CNC(=O)N2CCN(Cc3cccs3)CC2)cc1F. The van der Waals surface area contributed by atoms with E-state index in [0.29, 0.717) is 25.2 Å². The normalized spacial score (nSPS) is 15.2. The molecule has 1 aromatic carbocycles. The lowest BCUT2D eigenvalue weighted by Crippen LogP contribution is -2.51. The number of rotatable bonds is 6.